The first-order chi connectivity index (χ1) is 17.0. The highest BCUT2D eigenvalue weighted by Gasteiger charge is 2.40. The minimum atomic E-state index is -0.659. The first kappa shape index (κ1) is 24.4. The molecule has 1 unspecified atom stereocenters. The number of phenols is 1. The maximum atomic E-state index is 13.2. The van der Waals surface area contributed by atoms with Gasteiger partial charge in [-0.1, -0.05) is 64.1 Å². The Morgan fingerprint density at radius 3 is 2.49 bits per heavy atom. The Bertz CT molecular complexity index is 1280. The average Bonchev–Trinajstić information content (AvgIpc) is 3.16. The molecule has 1 saturated heterocycles. The summed E-state index contributed by atoms with van der Waals surface area (Å²) in [7, 11) is 0. The van der Waals surface area contributed by atoms with Crippen LogP contribution >= 0.6 is 27.7 Å². The highest BCUT2D eigenvalue weighted by Crippen LogP contribution is 2.34. The number of amidine groups is 1. The number of hydrogen-bond acceptors (Lipinski definition) is 6. The summed E-state index contributed by atoms with van der Waals surface area (Å²) in [5.74, 6) is -0.471. The molecule has 176 valence electrons. The third kappa shape index (κ3) is 6.68. The number of anilines is 2. The molecule has 4 rings (SSSR count). The van der Waals surface area contributed by atoms with Gasteiger partial charge >= 0.3 is 0 Å². The Kier molecular flexibility index (Phi) is 8.12. The van der Waals surface area contributed by atoms with Crippen LogP contribution < -0.4 is 10.2 Å². The molecule has 9 heteroatoms. The number of phenolic OH excluding ortho intramolecular Hbond substituents is 1. The number of carbonyl (C=O) groups is 2. The smallest absolute Gasteiger partial charge is 0.247 e. The van der Waals surface area contributed by atoms with Crippen LogP contribution in [0.3, 0.4) is 0 Å². The van der Waals surface area contributed by atoms with Crippen LogP contribution in [0.1, 0.15) is 12.0 Å². The number of allylic oxidation sites excluding steroid dienone is 1. The molecule has 0 saturated carbocycles. The predicted octanol–water partition coefficient (Wildman–Crippen LogP) is 5.69. The summed E-state index contributed by atoms with van der Waals surface area (Å²) in [5.41, 5.74) is 2.21. The Morgan fingerprint density at radius 1 is 1.06 bits per heavy atom. The highest BCUT2D eigenvalue weighted by atomic mass is 79.9. The van der Waals surface area contributed by atoms with E-state index in [0.717, 1.165) is 10.0 Å². The standard InChI is InChI=1S/C26H21BrN4O3S/c27-19-8-10-20(11-9-19)29-24(33)17-23-25(34)31(21-12-14-22(32)15-13-21)26(35-23)30-28-16-4-7-18-5-2-1-3-6-18/h1-16,23,32H,17H2,(H,29,33)/b7-4+,28-16+,30-26+. The van der Waals surface area contributed by atoms with Crippen LogP contribution in [-0.2, 0) is 9.59 Å². The van der Waals surface area contributed by atoms with Crippen LogP contribution in [0.15, 0.2) is 99.6 Å². The van der Waals surface area contributed by atoms with Gasteiger partial charge in [0.05, 0.1) is 5.69 Å². The minimum absolute atomic E-state index is 0.0230. The lowest BCUT2D eigenvalue weighted by Gasteiger charge is -2.15. The number of hydrogen-bond donors (Lipinski definition) is 2. The molecule has 0 bridgehead atoms. The van der Waals surface area contributed by atoms with Gasteiger partial charge in [-0.15, -0.1) is 5.10 Å². The van der Waals surface area contributed by atoms with Crippen molar-refractivity contribution in [3.8, 4) is 5.75 Å². The summed E-state index contributed by atoms with van der Waals surface area (Å²) in [6.45, 7) is 0. The molecule has 3 aromatic rings. The van der Waals surface area contributed by atoms with Crippen LogP contribution in [-0.4, -0.2) is 33.6 Å². The lowest BCUT2D eigenvalue weighted by atomic mass is 10.2. The maximum absolute atomic E-state index is 13.2. The number of thioether (sulfide) groups is 1. The average molecular weight is 549 g/mol. The Morgan fingerprint density at radius 2 is 1.77 bits per heavy atom. The van der Waals surface area contributed by atoms with Crippen molar-refractivity contribution in [1.82, 2.24) is 0 Å². The largest absolute Gasteiger partial charge is 0.508 e. The predicted molar refractivity (Wildman–Crippen MR) is 146 cm³/mol. The normalized spacial score (nSPS) is 17.1. The van der Waals surface area contributed by atoms with Crippen molar-refractivity contribution in [2.45, 2.75) is 11.7 Å². The number of rotatable bonds is 7. The molecule has 0 aromatic heterocycles. The lowest BCUT2D eigenvalue weighted by Crippen LogP contribution is -2.33. The van der Waals surface area contributed by atoms with Gasteiger partial charge in [0.25, 0.3) is 0 Å². The molecule has 0 radical (unpaired) electrons. The fourth-order valence-corrected chi connectivity index (χ4v) is 4.61. The van der Waals surface area contributed by atoms with Crippen LogP contribution in [0, 0.1) is 0 Å². The molecule has 1 aliphatic rings. The third-order valence-corrected chi connectivity index (χ3v) is 6.58. The first-order valence-electron chi connectivity index (χ1n) is 10.7. The summed E-state index contributed by atoms with van der Waals surface area (Å²) in [4.78, 5) is 27.2. The van der Waals surface area contributed by atoms with Crippen molar-refractivity contribution >= 4 is 68.3 Å². The third-order valence-electron chi connectivity index (χ3n) is 4.93. The molecule has 7 nitrogen and oxygen atoms in total. The molecule has 1 fully saturated rings. The first-order valence-corrected chi connectivity index (χ1v) is 12.3. The van der Waals surface area contributed by atoms with Gasteiger partial charge in [-0.2, -0.15) is 5.10 Å². The summed E-state index contributed by atoms with van der Waals surface area (Å²) < 4.78 is 0.904. The van der Waals surface area contributed by atoms with Crippen LogP contribution in [0.5, 0.6) is 5.75 Å². The van der Waals surface area contributed by atoms with E-state index in [1.54, 1.807) is 30.3 Å². The number of carbonyl (C=O) groups excluding carboxylic acids is 2. The summed E-state index contributed by atoms with van der Waals surface area (Å²) >= 11 is 4.54. The zero-order valence-corrected chi connectivity index (χ0v) is 20.8. The summed E-state index contributed by atoms with van der Waals surface area (Å²) in [5, 5.41) is 20.5. The van der Waals surface area contributed by atoms with E-state index in [9.17, 15) is 14.7 Å². The molecule has 1 aliphatic heterocycles. The van der Waals surface area contributed by atoms with Gasteiger partial charge in [-0.05, 0) is 60.2 Å². The molecule has 35 heavy (non-hydrogen) atoms. The number of amides is 2. The van der Waals surface area contributed by atoms with Gasteiger partial charge in [-0.3, -0.25) is 14.5 Å². The molecular weight excluding hydrogens is 528 g/mol. The van der Waals surface area contributed by atoms with E-state index in [1.807, 2.05) is 48.5 Å². The molecule has 1 atom stereocenters. The zero-order chi connectivity index (χ0) is 24.6. The van der Waals surface area contributed by atoms with Gasteiger partial charge in [0.1, 0.15) is 11.0 Å². The van der Waals surface area contributed by atoms with Crippen LogP contribution in [0.25, 0.3) is 6.08 Å². The molecule has 1 heterocycles. The molecule has 3 aromatic carbocycles. The van der Waals surface area contributed by atoms with E-state index in [0.29, 0.717) is 16.5 Å². The van der Waals surface area contributed by atoms with Crippen molar-refractivity contribution < 1.29 is 14.7 Å². The number of benzene rings is 3. The summed E-state index contributed by atoms with van der Waals surface area (Å²) in [6, 6.07) is 23.2. The van der Waals surface area contributed by atoms with Crippen molar-refractivity contribution in [1.29, 1.82) is 0 Å². The molecule has 2 amide bonds. The number of nitrogens with zero attached hydrogens (tertiary/aromatic N) is 3. The lowest BCUT2D eigenvalue weighted by molar-refractivity contribution is -0.121. The van der Waals surface area contributed by atoms with Crippen LogP contribution in [0.4, 0.5) is 11.4 Å². The maximum Gasteiger partial charge on any atom is 0.247 e. The van der Waals surface area contributed by atoms with Crippen molar-refractivity contribution in [2.24, 2.45) is 10.2 Å². The topological polar surface area (TPSA) is 94.4 Å². The van der Waals surface area contributed by atoms with E-state index in [2.05, 4.69) is 31.4 Å². The Hall–Kier alpha value is -3.69. The van der Waals surface area contributed by atoms with Gasteiger partial charge in [-0.25, -0.2) is 0 Å². The van der Waals surface area contributed by atoms with Crippen LogP contribution in [0.2, 0.25) is 0 Å². The van der Waals surface area contributed by atoms with E-state index in [4.69, 9.17) is 0 Å². The van der Waals surface area contributed by atoms with Crippen molar-refractivity contribution in [2.75, 3.05) is 10.2 Å². The van der Waals surface area contributed by atoms with Gasteiger partial charge in [0.2, 0.25) is 11.8 Å². The number of halogens is 1. The monoisotopic (exact) mass is 548 g/mol. The molecule has 2 N–H and O–H groups in total. The number of nitrogens with one attached hydrogen (secondary N) is 1. The fraction of sp³-hybridized carbons (Fsp3) is 0.0769. The quantitative estimate of drug-likeness (QED) is 0.293. The van der Waals surface area contributed by atoms with E-state index in [-0.39, 0.29) is 24.0 Å². The zero-order valence-electron chi connectivity index (χ0n) is 18.4. The van der Waals surface area contributed by atoms with Crippen molar-refractivity contribution in [3.63, 3.8) is 0 Å². The van der Waals surface area contributed by atoms with Gasteiger partial charge in [0.15, 0.2) is 5.17 Å². The molecule has 0 aliphatic carbocycles. The minimum Gasteiger partial charge on any atom is -0.508 e. The van der Waals surface area contributed by atoms with E-state index < -0.39 is 5.25 Å². The second-order valence-electron chi connectivity index (χ2n) is 7.47. The van der Waals surface area contributed by atoms with Crippen molar-refractivity contribution in [3.05, 3.63) is 95.0 Å². The number of aromatic hydroxyl groups is 1. The molecule has 0 spiro atoms. The second kappa shape index (κ2) is 11.6. The van der Waals surface area contributed by atoms with E-state index >= 15 is 0 Å². The second-order valence-corrected chi connectivity index (χ2v) is 9.56. The SMILES string of the molecule is O=C(CC1S/C(=N/N=C/C=C/c2ccccc2)N(c2ccc(O)cc2)C1=O)Nc1ccc(Br)cc1. The van der Waals surface area contributed by atoms with Gasteiger partial charge < -0.3 is 10.4 Å². The van der Waals surface area contributed by atoms with Gasteiger partial charge in [0, 0.05) is 22.8 Å². The summed E-state index contributed by atoms with van der Waals surface area (Å²) in [6.07, 6.45) is 5.16. The molecular formula is C26H21BrN4O3S. The Labute approximate surface area is 215 Å². The van der Waals surface area contributed by atoms with E-state index in [1.165, 1.54) is 35.0 Å². The fourth-order valence-electron chi connectivity index (χ4n) is 3.26. The Balaban J connectivity index is 1.49. The highest BCUT2D eigenvalue weighted by molar-refractivity contribution is 9.10.